The summed E-state index contributed by atoms with van der Waals surface area (Å²) in [6, 6.07) is 16.6. The number of anilines is 1. The minimum absolute atomic E-state index is 0. The van der Waals surface area contributed by atoms with Gasteiger partial charge in [-0.1, -0.05) is 38.1 Å². The minimum Gasteiger partial charge on any atom is -0.510 e. The van der Waals surface area contributed by atoms with Crippen LogP contribution < -0.4 is 4.90 Å². The number of nitrogens with zero attached hydrogens (tertiary/aromatic N) is 2. The van der Waals surface area contributed by atoms with E-state index in [1.54, 1.807) is 0 Å². The van der Waals surface area contributed by atoms with E-state index in [1.807, 2.05) is 18.1 Å². The van der Waals surface area contributed by atoms with Crippen molar-refractivity contribution in [3.05, 3.63) is 72.7 Å². The third-order valence-corrected chi connectivity index (χ3v) is 4.55. The Balaban J connectivity index is 0.00000144. The Kier molecular flexibility index (Phi) is 3.66. The average molecular weight is 467 g/mol. The average Bonchev–Trinajstić information content (AvgIpc) is 3.01. The zero-order chi connectivity index (χ0) is 14.6. The van der Waals surface area contributed by atoms with Crippen molar-refractivity contribution in [2.75, 3.05) is 11.9 Å². The predicted octanol–water partition coefficient (Wildman–Crippen LogP) is 4.13. The van der Waals surface area contributed by atoms with Gasteiger partial charge in [0.2, 0.25) is 0 Å². The predicted molar refractivity (Wildman–Crippen MR) is 86.5 cm³/mol. The van der Waals surface area contributed by atoms with Gasteiger partial charge in [-0.2, -0.15) is 18.8 Å². The van der Waals surface area contributed by atoms with Crippen molar-refractivity contribution >= 4 is 5.69 Å². The molecule has 4 rings (SSSR count). The first-order valence-electron chi connectivity index (χ1n) is 7.27. The summed E-state index contributed by atoms with van der Waals surface area (Å²) in [4.78, 5) is 4.15. The summed E-state index contributed by atoms with van der Waals surface area (Å²) in [5, 5.41) is 0. The fraction of sp³-hybridized carbons (Fsp3) is 0.211. The summed E-state index contributed by atoms with van der Waals surface area (Å²) in [5.74, 6) is 0. The largest absolute Gasteiger partial charge is 0.510 e. The van der Waals surface area contributed by atoms with E-state index >= 15 is 0 Å². The van der Waals surface area contributed by atoms with E-state index in [0.717, 1.165) is 5.69 Å². The second-order valence-corrected chi connectivity index (χ2v) is 6.30. The van der Waals surface area contributed by atoms with Crippen molar-refractivity contribution in [3.63, 3.8) is 0 Å². The van der Waals surface area contributed by atoms with Crippen LogP contribution in [0.2, 0.25) is 0 Å². The van der Waals surface area contributed by atoms with Crippen molar-refractivity contribution in [1.29, 1.82) is 0 Å². The molecule has 22 heavy (non-hydrogen) atoms. The Morgan fingerprint density at radius 3 is 2.55 bits per heavy atom. The molecule has 2 aromatic rings. The van der Waals surface area contributed by atoms with E-state index in [2.05, 4.69) is 74.1 Å². The van der Waals surface area contributed by atoms with E-state index in [9.17, 15) is 0 Å². The number of rotatable bonds is 1. The van der Waals surface area contributed by atoms with E-state index in [1.165, 1.54) is 22.3 Å². The molecule has 0 saturated carbocycles. The zero-order valence-corrected chi connectivity index (χ0v) is 15.3. The molecule has 1 radical (unpaired) electrons. The Labute approximate surface area is 145 Å². The molecule has 0 bridgehead atoms. The molecule has 115 valence electrons. The summed E-state index contributed by atoms with van der Waals surface area (Å²) in [6.45, 7) is 6.64. The maximum Gasteiger partial charge on any atom is 0 e. The van der Waals surface area contributed by atoms with Gasteiger partial charge in [-0.15, -0.1) is 22.9 Å². The molecule has 0 amide bonds. The van der Waals surface area contributed by atoms with Crippen LogP contribution >= 0.6 is 0 Å². The molecule has 0 atom stereocenters. The minimum atomic E-state index is 0. The first-order chi connectivity index (χ1) is 10.1. The SMILES string of the molecule is CN1C=CN(c2[c-]cc3c(c2)-c2ccccc2C3(C)C)[CH-]1.[Ir]. The van der Waals surface area contributed by atoms with Gasteiger partial charge in [0, 0.05) is 20.1 Å². The van der Waals surface area contributed by atoms with Crippen LogP contribution in [0.5, 0.6) is 0 Å². The normalized spacial score (nSPS) is 17.2. The van der Waals surface area contributed by atoms with Crippen LogP contribution in [0.4, 0.5) is 5.69 Å². The molecular formula is C19H18IrN2-2. The molecule has 0 N–H and O–H groups in total. The molecule has 0 fully saturated rings. The van der Waals surface area contributed by atoms with Crippen LogP contribution in [0, 0.1) is 12.7 Å². The van der Waals surface area contributed by atoms with Crippen molar-refractivity contribution in [2.45, 2.75) is 19.3 Å². The molecular weight excluding hydrogens is 448 g/mol. The smallest absolute Gasteiger partial charge is 0 e. The zero-order valence-electron chi connectivity index (χ0n) is 12.9. The quantitative estimate of drug-likeness (QED) is 0.583. The summed E-state index contributed by atoms with van der Waals surface area (Å²) in [5.41, 5.74) is 6.60. The standard InChI is InChI=1S/C19H18N2.Ir/c1-19(2)17-7-5-4-6-15(17)16-12-14(8-9-18(16)19)21-11-10-20(3)13-21;/h4-7,9-13H,1-3H3;/q-2;. The molecule has 0 spiro atoms. The molecule has 2 aromatic carbocycles. The second-order valence-electron chi connectivity index (χ2n) is 6.30. The van der Waals surface area contributed by atoms with Crippen LogP contribution in [0.25, 0.3) is 11.1 Å². The molecule has 2 nitrogen and oxygen atoms in total. The van der Waals surface area contributed by atoms with Crippen molar-refractivity contribution in [2.24, 2.45) is 0 Å². The Hall–Kier alpha value is -1.57. The van der Waals surface area contributed by atoms with Crippen molar-refractivity contribution in [1.82, 2.24) is 4.90 Å². The van der Waals surface area contributed by atoms with Gasteiger partial charge in [-0.05, 0) is 36.0 Å². The van der Waals surface area contributed by atoms with Crippen LogP contribution in [0.15, 0.2) is 48.8 Å². The van der Waals surface area contributed by atoms with Gasteiger partial charge in [-0.25, -0.2) is 0 Å². The molecule has 2 aliphatic rings. The van der Waals surface area contributed by atoms with Crippen LogP contribution in [-0.2, 0) is 25.5 Å². The van der Waals surface area contributed by atoms with Crippen LogP contribution in [-0.4, -0.2) is 11.9 Å². The number of hydrogen-bond acceptors (Lipinski definition) is 2. The Morgan fingerprint density at radius 2 is 1.82 bits per heavy atom. The van der Waals surface area contributed by atoms with Gasteiger partial charge in [-0.3, -0.25) is 0 Å². The van der Waals surface area contributed by atoms with Crippen molar-refractivity contribution in [3.8, 4) is 11.1 Å². The number of fused-ring (bicyclic) bond motifs is 3. The van der Waals surface area contributed by atoms with E-state index in [-0.39, 0.29) is 25.5 Å². The number of hydrogen-bond donors (Lipinski definition) is 0. The monoisotopic (exact) mass is 467 g/mol. The molecule has 3 heteroatoms. The molecule has 0 unspecified atom stereocenters. The van der Waals surface area contributed by atoms with Crippen LogP contribution in [0.1, 0.15) is 25.0 Å². The maximum atomic E-state index is 3.44. The summed E-state index contributed by atoms with van der Waals surface area (Å²) < 4.78 is 0. The molecule has 1 heterocycles. The van der Waals surface area contributed by atoms with Gasteiger partial charge in [0.1, 0.15) is 0 Å². The van der Waals surface area contributed by atoms with Gasteiger partial charge in [0.15, 0.2) is 0 Å². The number of benzene rings is 2. The second kappa shape index (κ2) is 5.26. The molecule has 0 saturated heterocycles. The van der Waals surface area contributed by atoms with Gasteiger partial charge in [0.25, 0.3) is 0 Å². The first-order valence-corrected chi connectivity index (χ1v) is 7.27. The van der Waals surface area contributed by atoms with E-state index < -0.39 is 0 Å². The topological polar surface area (TPSA) is 6.48 Å². The summed E-state index contributed by atoms with van der Waals surface area (Å²) >= 11 is 0. The third-order valence-electron chi connectivity index (χ3n) is 4.55. The van der Waals surface area contributed by atoms with Gasteiger partial charge >= 0.3 is 0 Å². The van der Waals surface area contributed by atoms with Gasteiger partial charge in [0.05, 0.1) is 0 Å². The first kappa shape index (κ1) is 15.3. The Bertz CT molecular complexity index is 749. The van der Waals surface area contributed by atoms with E-state index in [0.29, 0.717) is 0 Å². The molecule has 0 aromatic heterocycles. The third kappa shape index (κ3) is 2.12. The fourth-order valence-corrected chi connectivity index (χ4v) is 3.37. The fourth-order valence-electron chi connectivity index (χ4n) is 3.37. The van der Waals surface area contributed by atoms with Crippen molar-refractivity contribution < 1.29 is 20.1 Å². The molecule has 1 aliphatic carbocycles. The maximum absolute atomic E-state index is 3.44. The van der Waals surface area contributed by atoms with Gasteiger partial charge < -0.3 is 9.80 Å². The van der Waals surface area contributed by atoms with E-state index in [4.69, 9.17) is 0 Å². The van der Waals surface area contributed by atoms with Crippen LogP contribution in [0.3, 0.4) is 0 Å². The summed E-state index contributed by atoms with van der Waals surface area (Å²) in [6.07, 6.45) is 4.10. The molecule has 1 aliphatic heterocycles. The summed E-state index contributed by atoms with van der Waals surface area (Å²) in [7, 11) is 2.03. The Morgan fingerprint density at radius 1 is 1.05 bits per heavy atom.